The van der Waals surface area contributed by atoms with Crippen molar-refractivity contribution in [3.05, 3.63) is 40.4 Å². The predicted molar refractivity (Wildman–Crippen MR) is 85.7 cm³/mol. The van der Waals surface area contributed by atoms with Crippen molar-refractivity contribution >= 4 is 28.9 Å². The number of hydrogen-bond acceptors (Lipinski definition) is 4. The van der Waals surface area contributed by atoms with Gasteiger partial charge in [0.1, 0.15) is 5.01 Å². The van der Waals surface area contributed by atoms with E-state index in [-0.39, 0.29) is 5.92 Å². The van der Waals surface area contributed by atoms with Crippen LogP contribution in [0, 0.1) is 5.92 Å². The molecule has 21 heavy (non-hydrogen) atoms. The van der Waals surface area contributed by atoms with Crippen molar-refractivity contribution in [2.24, 2.45) is 5.92 Å². The molecule has 1 aromatic heterocycles. The van der Waals surface area contributed by atoms with E-state index in [9.17, 15) is 4.79 Å². The second kappa shape index (κ2) is 7.02. The molecule has 0 amide bonds. The second-order valence-corrected chi connectivity index (χ2v) is 6.38. The number of hydrogen-bond donors (Lipinski definition) is 1. The Morgan fingerprint density at radius 3 is 2.71 bits per heavy atom. The third kappa shape index (κ3) is 4.52. The Hall–Kier alpha value is -1.43. The van der Waals surface area contributed by atoms with E-state index in [0.717, 1.165) is 16.3 Å². The van der Waals surface area contributed by atoms with Gasteiger partial charge >= 0.3 is 5.97 Å². The fraction of sp³-hybridized carbons (Fsp3) is 0.333. The van der Waals surface area contributed by atoms with Gasteiger partial charge in [-0.1, -0.05) is 30.7 Å². The maximum atomic E-state index is 10.9. The predicted octanol–water partition coefficient (Wildman–Crippen LogP) is 3.62. The first-order chi connectivity index (χ1) is 9.95. The molecule has 1 aromatic carbocycles. The third-order valence-electron chi connectivity index (χ3n) is 3.08. The summed E-state index contributed by atoms with van der Waals surface area (Å²) >= 11 is 7.45. The summed E-state index contributed by atoms with van der Waals surface area (Å²) in [7, 11) is 1.90. The van der Waals surface area contributed by atoms with Gasteiger partial charge in [0.25, 0.3) is 0 Å². The molecule has 2 rings (SSSR count). The molecule has 1 atom stereocenters. The Morgan fingerprint density at radius 1 is 1.43 bits per heavy atom. The molecular formula is C15H17ClN2O2S. The Balaban J connectivity index is 2.00. The number of benzene rings is 1. The van der Waals surface area contributed by atoms with Gasteiger partial charge in [-0.05, 0) is 19.2 Å². The average molecular weight is 325 g/mol. The van der Waals surface area contributed by atoms with E-state index in [1.807, 2.05) is 41.6 Å². The van der Waals surface area contributed by atoms with E-state index in [0.29, 0.717) is 18.1 Å². The minimum Gasteiger partial charge on any atom is -0.481 e. The normalized spacial score (nSPS) is 12.6. The van der Waals surface area contributed by atoms with Gasteiger partial charge in [0.2, 0.25) is 0 Å². The van der Waals surface area contributed by atoms with Gasteiger partial charge in [0.05, 0.1) is 11.6 Å². The number of rotatable bonds is 6. The molecule has 0 aliphatic heterocycles. The zero-order valence-electron chi connectivity index (χ0n) is 11.9. The van der Waals surface area contributed by atoms with Crippen LogP contribution in [0.5, 0.6) is 0 Å². The molecule has 1 unspecified atom stereocenters. The largest absolute Gasteiger partial charge is 0.481 e. The lowest BCUT2D eigenvalue weighted by molar-refractivity contribution is -0.141. The van der Waals surface area contributed by atoms with Gasteiger partial charge in [-0.2, -0.15) is 0 Å². The Morgan fingerprint density at radius 2 is 2.10 bits per heavy atom. The molecule has 0 saturated carbocycles. The van der Waals surface area contributed by atoms with Crippen LogP contribution in [0.15, 0.2) is 29.6 Å². The van der Waals surface area contributed by atoms with E-state index in [1.54, 1.807) is 18.3 Å². The van der Waals surface area contributed by atoms with Gasteiger partial charge in [0, 0.05) is 29.1 Å². The van der Waals surface area contributed by atoms with E-state index in [1.165, 1.54) is 0 Å². The SMILES string of the molecule is CC(CN(C)Cc1csc(-c2ccc(Cl)cc2)n1)C(=O)O. The lowest BCUT2D eigenvalue weighted by Gasteiger charge is -2.17. The molecule has 0 bridgehead atoms. The molecule has 1 N–H and O–H groups in total. The molecular weight excluding hydrogens is 308 g/mol. The summed E-state index contributed by atoms with van der Waals surface area (Å²) in [5.74, 6) is -1.16. The molecule has 6 heteroatoms. The van der Waals surface area contributed by atoms with Crippen LogP contribution in [0.2, 0.25) is 5.02 Å². The van der Waals surface area contributed by atoms with Gasteiger partial charge < -0.3 is 5.11 Å². The second-order valence-electron chi connectivity index (χ2n) is 5.09. The van der Waals surface area contributed by atoms with Crippen LogP contribution in [0.3, 0.4) is 0 Å². The van der Waals surface area contributed by atoms with Gasteiger partial charge in [0.15, 0.2) is 0 Å². The van der Waals surface area contributed by atoms with Crippen molar-refractivity contribution in [1.29, 1.82) is 0 Å². The Bertz CT molecular complexity index is 612. The molecule has 1 heterocycles. The molecule has 0 saturated heterocycles. The highest BCUT2D eigenvalue weighted by Crippen LogP contribution is 2.25. The van der Waals surface area contributed by atoms with Crippen LogP contribution in [-0.4, -0.2) is 34.6 Å². The van der Waals surface area contributed by atoms with E-state index in [4.69, 9.17) is 16.7 Å². The van der Waals surface area contributed by atoms with Crippen LogP contribution in [0.25, 0.3) is 10.6 Å². The van der Waals surface area contributed by atoms with E-state index < -0.39 is 5.97 Å². The number of nitrogens with zero attached hydrogens (tertiary/aromatic N) is 2. The summed E-state index contributed by atoms with van der Waals surface area (Å²) in [4.78, 5) is 17.4. The number of carboxylic acids is 1. The molecule has 0 aliphatic carbocycles. The molecule has 112 valence electrons. The summed E-state index contributed by atoms with van der Waals surface area (Å²) in [6.07, 6.45) is 0. The van der Waals surface area contributed by atoms with Gasteiger partial charge in [-0.15, -0.1) is 11.3 Å². The first-order valence-electron chi connectivity index (χ1n) is 6.57. The molecule has 0 spiro atoms. The van der Waals surface area contributed by atoms with Crippen LogP contribution < -0.4 is 0 Å². The van der Waals surface area contributed by atoms with Crippen molar-refractivity contribution in [1.82, 2.24) is 9.88 Å². The van der Waals surface area contributed by atoms with Crippen molar-refractivity contribution in [2.75, 3.05) is 13.6 Å². The zero-order valence-corrected chi connectivity index (χ0v) is 13.5. The van der Waals surface area contributed by atoms with Crippen LogP contribution in [-0.2, 0) is 11.3 Å². The minimum atomic E-state index is -0.776. The number of aliphatic carboxylic acids is 1. The summed E-state index contributed by atoms with van der Waals surface area (Å²) in [6.45, 7) is 2.85. The Labute approximate surface area is 133 Å². The number of halogens is 1. The summed E-state index contributed by atoms with van der Waals surface area (Å²) in [5.41, 5.74) is 1.99. The van der Waals surface area contributed by atoms with Gasteiger partial charge in [-0.3, -0.25) is 9.69 Å². The topological polar surface area (TPSA) is 53.4 Å². The summed E-state index contributed by atoms with van der Waals surface area (Å²) < 4.78 is 0. The zero-order chi connectivity index (χ0) is 15.4. The highest BCUT2D eigenvalue weighted by Gasteiger charge is 2.14. The van der Waals surface area contributed by atoms with Crippen molar-refractivity contribution < 1.29 is 9.90 Å². The first kappa shape index (κ1) is 15.9. The van der Waals surface area contributed by atoms with E-state index >= 15 is 0 Å². The van der Waals surface area contributed by atoms with Crippen molar-refractivity contribution in [3.8, 4) is 10.6 Å². The molecule has 0 fully saturated rings. The van der Waals surface area contributed by atoms with Crippen molar-refractivity contribution in [3.63, 3.8) is 0 Å². The third-order valence-corrected chi connectivity index (χ3v) is 4.27. The quantitative estimate of drug-likeness (QED) is 0.881. The number of carbonyl (C=O) groups is 1. The number of carboxylic acid groups (broad SMARTS) is 1. The molecule has 4 nitrogen and oxygen atoms in total. The smallest absolute Gasteiger partial charge is 0.307 e. The lowest BCUT2D eigenvalue weighted by atomic mass is 10.2. The highest BCUT2D eigenvalue weighted by atomic mass is 35.5. The summed E-state index contributed by atoms with van der Waals surface area (Å²) in [6, 6.07) is 7.58. The summed E-state index contributed by atoms with van der Waals surface area (Å²) in [5, 5.41) is 12.6. The fourth-order valence-electron chi connectivity index (χ4n) is 1.99. The highest BCUT2D eigenvalue weighted by molar-refractivity contribution is 7.13. The molecule has 0 radical (unpaired) electrons. The molecule has 0 aliphatic rings. The number of aromatic nitrogens is 1. The minimum absolute atomic E-state index is 0.385. The molecule has 2 aromatic rings. The monoisotopic (exact) mass is 324 g/mol. The van der Waals surface area contributed by atoms with E-state index in [2.05, 4.69) is 4.98 Å². The van der Waals surface area contributed by atoms with Crippen LogP contribution >= 0.6 is 22.9 Å². The first-order valence-corrected chi connectivity index (χ1v) is 7.83. The van der Waals surface area contributed by atoms with Crippen molar-refractivity contribution in [2.45, 2.75) is 13.5 Å². The van der Waals surface area contributed by atoms with Crippen LogP contribution in [0.1, 0.15) is 12.6 Å². The standard InChI is InChI=1S/C15H17ClN2O2S/c1-10(15(19)20)7-18(2)8-13-9-21-14(17-13)11-3-5-12(16)6-4-11/h3-6,9-10H,7-8H2,1-2H3,(H,19,20). The average Bonchev–Trinajstić information content (AvgIpc) is 2.87. The maximum absolute atomic E-state index is 10.9. The number of thiazole rings is 1. The van der Waals surface area contributed by atoms with Gasteiger partial charge in [-0.25, -0.2) is 4.98 Å². The lowest BCUT2D eigenvalue weighted by Crippen LogP contribution is -2.28. The fourth-order valence-corrected chi connectivity index (χ4v) is 2.93. The Kier molecular flexibility index (Phi) is 5.33. The van der Waals surface area contributed by atoms with Crippen LogP contribution in [0.4, 0.5) is 0 Å². The maximum Gasteiger partial charge on any atom is 0.307 e.